The van der Waals surface area contributed by atoms with Gasteiger partial charge in [-0.1, -0.05) is 11.8 Å². The molecule has 2 aliphatic heterocycles. The van der Waals surface area contributed by atoms with Gasteiger partial charge in [-0.2, -0.15) is 26.3 Å². The number of nitrogens with zero attached hydrogens (tertiary/aromatic N) is 1. The van der Waals surface area contributed by atoms with Crippen LogP contribution >= 0.6 is 11.8 Å². The molecular weight excluding hydrogens is 578 g/mol. The number of aliphatic carboxylic acids is 1. The van der Waals surface area contributed by atoms with Crippen LogP contribution in [0, 0.1) is 0 Å². The Morgan fingerprint density at radius 2 is 1.68 bits per heavy atom. The number of nitrogens with one attached hydrogen (secondary N) is 3. The lowest BCUT2D eigenvalue weighted by atomic mass is 10.0. The van der Waals surface area contributed by atoms with Gasteiger partial charge in [0.05, 0.1) is 22.6 Å². The van der Waals surface area contributed by atoms with Crippen LogP contribution in [-0.4, -0.2) is 73.4 Å². The summed E-state index contributed by atoms with van der Waals surface area (Å²) >= 11 is 1.22. The van der Waals surface area contributed by atoms with Crippen molar-refractivity contribution in [2.45, 2.75) is 41.0 Å². The molecule has 8 N–H and O–H groups in total. The molecule has 16 heteroatoms. The lowest BCUT2D eigenvalue weighted by Gasteiger charge is -2.34. The molecule has 0 saturated carbocycles. The Balaban J connectivity index is 0.000000587. The number of rotatable bonds is 7. The number of likely N-dealkylation sites (tertiary alicyclic amines) is 1. The van der Waals surface area contributed by atoms with Gasteiger partial charge in [0, 0.05) is 60.7 Å². The van der Waals surface area contributed by atoms with Gasteiger partial charge in [0.2, 0.25) is 0 Å². The highest BCUT2D eigenvalue weighted by Gasteiger charge is 2.38. The lowest BCUT2D eigenvalue weighted by molar-refractivity contribution is -0.192. The molecule has 0 atom stereocenters. The summed E-state index contributed by atoms with van der Waals surface area (Å²) in [6, 6.07) is 7.55. The Kier molecular flexibility index (Phi) is 10.7. The second-order valence-corrected chi connectivity index (χ2v) is 10.3. The summed E-state index contributed by atoms with van der Waals surface area (Å²) in [4.78, 5) is 24.6. The summed E-state index contributed by atoms with van der Waals surface area (Å²) in [6.07, 6.45) is -7.90. The molecule has 0 aliphatic carbocycles. The fourth-order valence-corrected chi connectivity index (χ4v) is 5.30. The Labute approximate surface area is 236 Å². The van der Waals surface area contributed by atoms with Crippen LogP contribution in [0.15, 0.2) is 40.1 Å². The van der Waals surface area contributed by atoms with Crippen molar-refractivity contribution in [3.8, 4) is 0 Å². The van der Waals surface area contributed by atoms with Crippen molar-refractivity contribution in [3.63, 3.8) is 0 Å². The number of carbonyl (C=O) groups is 2. The SMILES string of the molecule is NCCNC(=O)c1ccc2c(c1)Sc1cc(C(F)(F)F)cc(NC3CCN(CCN)CC3)c1N2.O=C(O)C(F)(F)F. The first-order chi connectivity index (χ1) is 19.2. The molecule has 1 fully saturated rings. The predicted octanol–water partition coefficient (Wildman–Crippen LogP) is 4.07. The fourth-order valence-electron chi connectivity index (χ4n) is 4.20. The Morgan fingerprint density at radius 3 is 2.24 bits per heavy atom. The number of piperidine rings is 1. The molecule has 9 nitrogen and oxygen atoms in total. The number of carbonyl (C=O) groups excluding carboxylic acids is 1. The molecule has 0 spiro atoms. The first-order valence-electron chi connectivity index (χ1n) is 12.5. The second-order valence-electron chi connectivity index (χ2n) is 9.23. The Hall–Kier alpha value is -3.21. The van der Waals surface area contributed by atoms with E-state index in [9.17, 15) is 31.1 Å². The second kappa shape index (κ2) is 13.6. The van der Waals surface area contributed by atoms with Gasteiger partial charge >= 0.3 is 18.3 Å². The van der Waals surface area contributed by atoms with E-state index < -0.39 is 23.9 Å². The van der Waals surface area contributed by atoms with Gasteiger partial charge in [-0.15, -0.1) is 0 Å². The monoisotopic (exact) mass is 608 g/mol. The first kappa shape index (κ1) is 32.3. The van der Waals surface area contributed by atoms with Gasteiger partial charge in [0.15, 0.2) is 0 Å². The Bertz CT molecular complexity index is 1240. The third-order valence-electron chi connectivity index (χ3n) is 6.22. The maximum atomic E-state index is 13.7. The lowest BCUT2D eigenvalue weighted by Crippen LogP contribution is -2.41. The average molecular weight is 609 g/mol. The van der Waals surface area contributed by atoms with Crippen LogP contribution in [-0.2, 0) is 11.0 Å². The smallest absolute Gasteiger partial charge is 0.475 e. The number of benzene rings is 2. The van der Waals surface area contributed by atoms with Crippen molar-refractivity contribution in [2.75, 3.05) is 49.9 Å². The molecule has 0 aromatic heterocycles. The number of carboxylic acids is 1. The van der Waals surface area contributed by atoms with E-state index in [1.807, 2.05) is 0 Å². The summed E-state index contributed by atoms with van der Waals surface area (Å²) in [6.45, 7) is 3.80. The predicted molar refractivity (Wildman–Crippen MR) is 143 cm³/mol. The summed E-state index contributed by atoms with van der Waals surface area (Å²) in [7, 11) is 0. The minimum atomic E-state index is -5.08. The van der Waals surface area contributed by atoms with Gasteiger partial charge < -0.3 is 37.4 Å². The zero-order valence-corrected chi connectivity index (χ0v) is 22.5. The van der Waals surface area contributed by atoms with Crippen molar-refractivity contribution in [3.05, 3.63) is 41.5 Å². The summed E-state index contributed by atoms with van der Waals surface area (Å²) in [5.41, 5.74) is 12.6. The maximum Gasteiger partial charge on any atom is 0.490 e. The van der Waals surface area contributed by atoms with Crippen molar-refractivity contribution < 1.29 is 41.0 Å². The minimum Gasteiger partial charge on any atom is -0.475 e. The van der Waals surface area contributed by atoms with Gasteiger partial charge in [-0.05, 0) is 43.2 Å². The van der Waals surface area contributed by atoms with Gasteiger partial charge in [-0.3, -0.25) is 4.79 Å². The fraction of sp³-hybridized carbons (Fsp3) is 0.440. The third-order valence-corrected chi connectivity index (χ3v) is 7.32. The van der Waals surface area contributed by atoms with E-state index in [-0.39, 0.29) is 11.9 Å². The highest BCUT2D eigenvalue weighted by molar-refractivity contribution is 7.99. The van der Waals surface area contributed by atoms with E-state index in [0.717, 1.165) is 44.2 Å². The number of anilines is 3. The molecule has 226 valence electrons. The van der Waals surface area contributed by atoms with E-state index in [0.29, 0.717) is 46.4 Å². The van der Waals surface area contributed by atoms with E-state index in [4.69, 9.17) is 21.4 Å². The Morgan fingerprint density at radius 1 is 1.02 bits per heavy atom. The number of fused-ring (bicyclic) bond motifs is 2. The molecule has 2 aromatic carbocycles. The zero-order valence-electron chi connectivity index (χ0n) is 21.7. The van der Waals surface area contributed by atoms with Crippen molar-refractivity contribution >= 4 is 40.7 Å². The third kappa shape index (κ3) is 8.89. The number of alkyl halides is 6. The van der Waals surface area contributed by atoms with Crippen molar-refractivity contribution in [1.82, 2.24) is 10.2 Å². The summed E-state index contributed by atoms with van der Waals surface area (Å²) < 4.78 is 72.8. The molecule has 2 aliphatic rings. The zero-order chi connectivity index (χ0) is 30.4. The average Bonchev–Trinajstić information content (AvgIpc) is 2.90. The van der Waals surface area contributed by atoms with E-state index in [1.165, 1.54) is 17.8 Å². The van der Waals surface area contributed by atoms with Crippen LogP contribution in [0.1, 0.15) is 28.8 Å². The standard InChI is InChI=1S/C23H29F3N6OS.C2HF3O2/c24-23(25,26)15-12-18(30-16-3-8-32(9-4-16)10-6-28)21-20(13-15)34-19-11-14(1-2-17(19)31-21)22(33)29-7-5-27;3-2(4,5)1(6)7/h1-2,11-13,16,30-31H,3-10,27-28H2,(H,29,33);(H,6,7). The number of halogens is 6. The largest absolute Gasteiger partial charge is 0.490 e. The molecule has 0 bridgehead atoms. The van der Waals surface area contributed by atoms with Crippen LogP contribution < -0.4 is 27.4 Å². The summed E-state index contributed by atoms with van der Waals surface area (Å²) in [5.74, 6) is -3.03. The summed E-state index contributed by atoms with van der Waals surface area (Å²) in [5, 5.41) is 16.5. The van der Waals surface area contributed by atoms with Crippen LogP contribution in [0.25, 0.3) is 0 Å². The molecule has 1 amide bonds. The highest BCUT2D eigenvalue weighted by atomic mass is 32.2. The number of hydrogen-bond donors (Lipinski definition) is 6. The molecule has 1 saturated heterocycles. The van der Waals surface area contributed by atoms with Crippen molar-refractivity contribution in [2.24, 2.45) is 11.5 Å². The molecule has 0 unspecified atom stereocenters. The van der Waals surface area contributed by atoms with Gasteiger partial charge in [0.25, 0.3) is 5.91 Å². The molecule has 4 rings (SSSR count). The van der Waals surface area contributed by atoms with E-state index in [1.54, 1.807) is 18.2 Å². The topological polar surface area (TPSA) is 146 Å². The molecular formula is C25H30F6N6O3S. The van der Waals surface area contributed by atoms with Gasteiger partial charge in [-0.25, -0.2) is 4.79 Å². The number of carboxylic acid groups (broad SMARTS) is 1. The maximum absolute atomic E-state index is 13.7. The van der Waals surface area contributed by atoms with Gasteiger partial charge in [0.1, 0.15) is 0 Å². The highest BCUT2D eigenvalue weighted by Crippen LogP contribution is 2.50. The molecule has 0 radical (unpaired) electrons. The quantitative estimate of drug-likeness (QED) is 0.219. The van der Waals surface area contributed by atoms with Crippen LogP contribution in [0.5, 0.6) is 0 Å². The molecule has 2 heterocycles. The van der Waals surface area contributed by atoms with E-state index in [2.05, 4.69) is 20.9 Å². The minimum absolute atomic E-state index is 0.0726. The molecule has 41 heavy (non-hydrogen) atoms. The van der Waals surface area contributed by atoms with Crippen LogP contribution in [0.4, 0.5) is 43.4 Å². The first-order valence-corrected chi connectivity index (χ1v) is 13.4. The normalized spacial score (nSPS) is 15.5. The van der Waals surface area contributed by atoms with Crippen molar-refractivity contribution in [1.29, 1.82) is 0 Å². The van der Waals surface area contributed by atoms with Crippen LogP contribution in [0.2, 0.25) is 0 Å². The number of nitrogens with two attached hydrogens (primary N) is 2. The molecule has 2 aromatic rings. The van der Waals surface area contributed by atoms with Crippen LogP contribution in [0.3, 0.4) is 0 Å². The number of amides is 1. The number of hydrogen-bond acceptors (Lipinski definition) is 8. The van der Waals surface area contributed by atoms with E-state index >= 15 is 0 Å².